The van der Waals surface area contributed by atoms with Crippen LogP contribution < -0.4 is 0 Å². The van der Waals surface area contributed by atoms with Gasteiger partial charge in [-0.1, -0.05) is 42.5 Å². The van der Waals surface area contributed by atoms with E-state index in [0.29, 0.717) is 5.75 Å². The summed E-state index contributed by atoms with van der Waals surface area (Å²) in [5.74, 6) is 0.562. The second-order valence-corrected chi connectivity index (χ2v) is 5.76. The zero-order valence-corrected chi connectivity index (χ0v) is 11.7. The SMILES string of the molecule is Oc1cc2cccc3c4c(O)ccc5cccc(c(c1)c23)c54. The van der Waals surface area contributed by atoms with E-state index >= 15 is 0 Å². The molecule has 104 valence electrons. The molecular formula is C20H12O2. The molecule has 0 aliphatic rings. The predicted octanol–water partition coefficient (Wildman–Crippen LogP) is 5.15. The maximum absolute atomic E-state index is 10.4. The number of phenolic OH excluding ortho intramolecular Hbond substituents is 2. The number of phenols is 2. The third kappa shape index (κ3) is 1.29. The van der Waals surface area contributed by atoms with Crippen molar-refractivity contribution in [2.24, 2.45) is 0 Å². The number of aromatic hydroxyl groups is 2. The van der Waals surface area contributed by atoms with Crippen LogP contribution >= 0.6 is 0 Å². The summed E-state index contributed by atoms with van der Waals surface area (Å²) in [6.07, 6.45) is 0. The van der Waals surface area contributed by atoms with Crippen molar-refractivity contribution in [3.05, 3.63) is 60.7 Å². The van der Waals surface area contributed by atoms with Crippen LogP contribution in [0.1, 0.15) is 0 Å². The molecule has 0 aliphatic carbocycles. The van der Waals surface area contributed by atoms with Crippen molar-refractivity contribution in [1.29, 1.82) is 0 Å². The number of rotatable bonds is 0. The first-order valence-electron chi connectivity index (χ1n) is 7.25. The van der Waals surface area contributed by atoms with Crippen LogP contribution in [0.15, 0.2) is 60.7 Å². The summed E-state index contributed by atoms with van der Waals surface area (Å²) in [4.78, 5) is 0. The van der Waals surface area contributed by atoms with Crippen LogP contribution in [0.5, 0.6) is 11.5 Å². The van der Waals surface area contributed by atoms with E-state index in [9.17, 15) is 10.2 Å². The highest BCUT2D eigenvalue weighted by Gasteiger charge is 2.15. The Morgan fingerprint density at radius 2 is 1.32 bits per heavy atom. The molecule has 0 saturated heterocycles. The van der Waals surface area contributed by atoms with E-state index in [4.69, 9.17) is 0 Å². The van der Waals surface area contributed by atoms with Gasteiger partial charge >= 0.3 is 0 Å². The average molecular weight is 284 g/mol. The van der Waals surface area contributed by atoms with E-state index in [0.717, 1.165) is 43.1 Å². The molecule has 2 heteroatoms. The van der Waals surface area contributed by atoms with Gasteiger partial charge in [0.2, 0.25) is 0 Å². The molecule has 5 aromatic rings. The van der Waals surface area contributed by atoms with Gasteiger partial charge in [0.05, 0.1) is 0 Å². The first kappa shape index (κ1) is 11.6. The molecule has 0 aromatic heterocycles. The van der Waals surface area contributed by atoms with Gasteiger partial charge in [-0.15, -0.1) is 0 Å². The van der Waals surface area contributed by atoms with Gasteiger partial charge in [0.1, 0.15) is 11.5 Å². The molecule has 5 rings (SSSR count). The molecule has 0 radical (unpaired) electrons. The molecule has 0 fully saturated rings. The van der Waals surface area contributed by atoms with Crippen molar-refractivity contribution in [2.45, 2.75) is 0 Å². The highest BCUT2D eigenvalue weighted by molar-refractivity contribution is 6.34. The van der Waals surface area contributed by atoms with E-state index in [-0.39, 0.29) is 5.75 Å². The van der Waals surface area contributed by atoms with Crippen molar-refractivity contribution >= 4 is 43.1 Å². The Bertz CT molecular complexity index is 1180. The van der Waals surface area contributed by atoms with E-state index in [1.807, 2.05) is 36.4 Å². The van der Waals surface area contributed by atoms with Crippen molar-refractivity contribution in [2.75, 3.05) is 0 Å². The second kappa shape index (κ2) is 3.80. The molecule has 0 spiro atoms. The lowest BCUT2D eigenvalue weighted by atomic mass is 9.89. The maximum Gasteiger partial charge on any atom is 0.124 e. The molecule has 0 heterocycles. The van der Waals surface area contributed by atoms with Gasteiger partial charge in [0, 0.05) is 10.8 Å². The number of benzene rings is 5. The minimum absolute atomic E-state index is 0.264. The van der Waals surface area contributed by atoms with Crippen molar-refractivity contribution in [3.63, 3.8) is 0 Å². The van der Waals surface area contributed by atoms with E-state index in [1.54, 1.807) is 12.1 Å². The molecule has 0 aliphatic heterocycles. The minimum atomic E-state index is 0.264. The summed E-state index contributed by atoms with van der Waals surface area (Å²) in [7, 11) is 0. The monoisotopic (exact) mass is 284 g/mol. The van der Waals surface area contributed by atoms with E-state index in [2.05, 4.69) is 12.1 Å². The minimum Gasteiger partial charge on any atom is -0.508 e. The molecule has 0 amide bonds. The van der Waals surface area contributed by atoms with Crippen LogP contribution in [0.2, 0.25) is 0 Å². The van der Waals surface area contributed by atoms with Crippen molar-refractivity contribution < 1.29 is 10.2 Å². The summed E-state index contributed by atoms with van der Waals surface area (Å²) in [6, 6.07) is 19.4. The van der Waals surface area contributed by atoms with Crippen molar-refractivity contribution in [3.8, 4) is 11.5 Å². The largest absolute Gasteiger partial charge is 0.508 e. The van der Waals surface area contributed by atoms with Crippen LogP contribution in [-0.2, 0) is 0 Å². The molecule has 2 N–H and O–H groups in total. The van der Waals surface area contributed by atoms with Gasteiger partial charge in [-0.05, 0) is 50.5 Å². The first-order valence-corrected chi connectivity index (χ1v) is 7.25. The third-order valence-corrected chi connectivity index (χ3v) is 4.54. The normalized spacial score (nSPS) is 12.0. The van der Waals surface area contributed by atoms with Crippen LogP contribution in [0.25, 0.3) is 43.1 Å². The molecule has 5 aromatic carbocycles. The zero-order chi connectivity index (χ0) is 14.8. The van der Waals surface area contributed by atoms with Crippen LogP contribution in [0.3, 0.4) is 0 Å². The first-order chi connectivity index (χ1) is 10.7. The highest BCUT2D eigenvalue weighted by Crippen LogP contribution is 2.44. The van der Waals surface area contributed by atoms with Gasteiger partial charge < -0.3 is 10.2 Å². The Labute approximate surface area is 126 Å². The fraction of sp³-hybridized carbons (Fsp3) is 0. The molecule has 0 unspecified atom stereocenters. The Morgan fingerprint density at radius 1 is 0.545 bits per heavy atom. The van der Waals surface area contributed by atoms with Crippen LogP contribution in [0, 0.1) is 0 Å². The summed E-state index contributed by atoms with van der Waals surface area (Å²) in [5.41, 5.74) is 0. The Morgan fingerprint density at radius 3 is 2.18 bits per heavy atom. The Kier molecular flexibility index (Phi) is 2.01. The maximum atomic E-state index is 10.4. The lowest BCUT2D eigenvalue weighted by molar-refractivity contribution is 0.477. The van der Waals surface area contributed by atoms with Crippen LogP contribution in [0.4, 0.5) is 0 Å². The lowest BCUT2D eigenvalue weighted by Gasteiger charge is -2.15. The fourth-order valence-corrected chi connectivity index (χ4v) is 3.70. The molecule has 0 saturated carbocycles. The highest BCUT2D eigenvalue weighted by atomic mass is 16.3. The smallest absolute Gasteiger partial charge is 0.124 e. The van der Waals surface area contributed by atoms with Crippen LogP contribution in [-0.4, -0.2) is 10.2 Å². The van der Waals surface area contributed by atoms with Gasteiger partial charge in [0.25, 0.3) is 0 Å². The summed E-state index contributed by atoms with van der Waals surface area (Å²) in [6.45, 7) is 0. The molecule has 0 bridgehead atoms. The van der Waals surface area contributed by atoms with E-state index < -0.39 is 0 Å². The van der Waals surface area contributed by atoms with E-state index in [1.165, 1.54) is 0 Å². The number of hydrogen-bond donors (Lipinski definition) is 2. The molecule has 22 heavy (non-hydrogen) atoms. The third-order valence-electron chi connectivity index (χ3n) is 4.54. The Hall–Kier alpha value is -3.00. The standard InChI is InChI=1S/C20H12O2/c21-13-9-12-4-2-6-15-18(12)16(10-13)14-5-1-3-11-7-8-17(22)20(15)19(11)14/h1-10,21-22H. The predicted molar refractivity (Wildman–Crippen MR) is 91.0 cm³/mol. The topological polar surface area (TPSA) is 40.5 Å². The lowest BCUT2D eigenvalue weighted by Crippen LogP contribution is -1.87. The van der Waals surface area contributed by atoms with Gasteiger partial charge in [0.15, 0.2) is 0 Å². The fourth-order valence-electron chi connectivity index (χ4n) is 3.70. The van der Waals surface area contributed by atoms with Gasteiger partial charge in [-0.3, -0.25) is 0 Å². The molecule has 0 atom stereocenters. The average Bonchev–Trinajstić information content (AvgIpc) is 2.52. The summed E-state index contributed by atoms with van der Waals surface area (Å²) >= 11 is 0. The number of fused-ring (bicyclic) bond motifs is 2. The number of hydrogen-bond acceptors (Lipinski definition) is 2. The summed E-state index contributed by atoms with van der Waals surface area (Å²) in [5, 5.41) is 28.7. The second-order valence-electron chi connectivity index (χ2n) is 5.76. The van der Waals surface area contributed by atoms with Gasteiger partial charge in [-0.25, -0.2) is 0 Å². The Balaban J connectivity index is 2.30. The molecule has 2 nitrogen and oxygen atoms in total. The quantitative estimate of drug-likeness (QED) is 0.305. The molecular weight excluding hydrogens is 272 g/mol. The van der Waals surface area contributed by atoms with Crippen molar-refractivity contribution in [1.82, 2.24) is 0 Å². The zero-order valence-electron chi connectivity index (χ0n) is 11.7. The van der Waals surface area contributed by atoms with Gasteiger partial charge in [-0.2, -0.15) is 0 Å². The summed E-state index contributed by atoms with van der Waals surface area (Å²) < 4.78 is 0.